The van der Waals surface area contributed by atoms with Crippen molar-refractivity contribution in [3.05, 3.63) is 11.8 Å². The maximum absolute atomic E-state index is 8.35. The molecule has 1 aliphatic rings. The third kappa shape index (κ3) is 2.40. The number of rotatable bonds is 1. The van der Waals surface area contributed by atoms with E-state index in [1.807, 2.05) is 6.07 Å². The predicted molar refractivity (Wildman–Crippen MR) is 43.1 cm³/mol. The van der Waals surface area contributed by atoms with Gasteiger partial charge in [0, 0.05) is 13.1 Å². The maximum atomic E-state index is 8.35. The van der Waals surface area contributed by atoms with Gasteiger partial charge in [0.1, 0.15) is 11.8 Å². The minimum Gasteiger partial charge on any atom is -0.390 e. The first-order valence-corrected chi connectivity index (χ1v) is 3.44. The summed E-state index contributed by atoms with van der Waals surface area (Å²) in [4.78, 5) is 4.16. The maximum Gasteiger partial charge on any atom is 0.117 e. The first kappa shape index (κ1) is 7.76. The second-order valence-electron chi connectivity index (χ2n) is 2.26. The molecule has 0 unspecified atom stereocenters. The molecule has 0 aromatic rings. The number of nitrogens with two attached hydrogens (primary N) is 1. The summed E-state index contributed by atoms with van der Waals surface area (Å²) in [6.45, 7) is 2.39. The fourth-order valence-corrected chi connectivity index (χ4v) is 0.859. The molecule has 0 aromatic heterocycles. The lowest BCUT2D eigenvalue weighted by atomic mass is 10.2. The lowest BCUT2D eigenvalue weighted by molar-refractivity contribution is 0.738. The summed E-state index contributed by atoms with van der Waals surface area (Å²) in [6.07, 6.45) is 1.60. The summed E-state index contributed by atoms with van der Waals surface area (Å²) in [5.41, 5.74) is 6.37. The third-order valence-electron chi connectivity index (χ3n) is 1.36. The Bertz CT molecular complexity index is 233. The Balaban J connectivity index is 2.62. The topological polar surface area (TPSA) is 74.2 Å². The largest absolute Gasteiger partial charge is 0.390 e. The highest BCUT2D eigenvalue weighted by Gasteiger charge is 2.00. The van der Waals surface area contributed by atoms with Gasteiger partial charge in [-0.3, -0.25) is 4.99 Å². The van der Waals surface area contributed by atoms with Gasteiger partial charge >= 0.3 is 0 Å². The van der Waals surface area contributed by atoms with E-state index in [-0.39, 0.29) is 5.70 Å². The van der Waals surface area contributed by atoms with Gasteiger partial charge in [-0.15, -0.1) is 0 Å². The van der Waals surface area contributed by atoms with Crippen LogP contribution < -0.4 is 11.1 Å². The van der Waals surface area contributed by atoms with Crippen molar-refractivity contribution < 1.29 is 0 Å². The van der Waals surface area contributed by atoms with Crippen LogP contribution in [-0.4, -0.2) is 25.3 Å². The van der Waals surface area contributed by atoms with Crippen LogP contribution in [0.2, 0.25) is 0 Å². The second kappa shape index (κ2) is 3.74. The fraction of sp³-hybridized carbons (Fsp3) is 0.429. The first-order valence-electron chi connectivity index (χ1n) is 3.44. The molecule has 0 radical (unpaired) electrons. The Morgan fingerprint density at radius 3 is 3.18 bits per heavy atom. The molecule has 58 valence electrons. The van der Waals surface area contributed by atoms with Crippen molar-refractivity contribution in [3.63, 3.8) is 0 Å². The lowest BCUT2D eigenvalue weighted by Gasteiger charge is -2.09. The van der Waals surface area contributed by atoms with Crippen molar-refractivity contribution in [1.29, 1.82) is 5.26 Å². The second-order valence-corrected chi connectivity index (χ2v) is 2.26. The third-order valence-corrected chi connectivity index (χ3v) is 1.36. The Labute approximate surface area is 65.4 Å². The van der Waals surface area contributed by atoms with Crippen LogP contribution in [0.25, 0.3) is 0 Å². The standard InChI is InChI=1S/C7H10N4/c8-4-6(9)3-7-5-10-1-2-11-7/h3,10H,1-2,5,9H2. The van der Waals surface area contributed by atoms with E-state index < -0.39 is 0 Å². The van der Waals surface area contributed by atoms with Gasteiger partial charge in [0.15, 0.2) is 0 Å². The van der Waals surface area contributed by atoms with Gasteiger partial charge in [-0.25, -0.2) is 0 Å². The molecule has 0 atom stereocenters. The van der Waals surface area contributed by atoms with Crippen molar-refractivity contribution in [2.45, 2.75) is 0 Å². The first-order chi connectivity index (χ1) is 5.33. The molecule has 0 fully saturated rings. The zero-order valence-electron chi connectivity index (χ0n) is 6.17. The SMILES string of the molecule is N#CC(N)=CC1=NCCNC1. The molecule has 0 amide bonds. The zero-order valence-corrected chi connectivity index (χ0v) is 6.17. The van der Waals surface area contributed by atoms with Gasteiger partial charge < -0.3 is 11.1 Å². The Morgan fingerprint density at radius 1 is 1.82 bits per heavy atom. The Hall–Kier alpha value is -1.34. The van der Waals surface area contributed by atoms with Gasteiger partial charge in [0.2, 0.25) is 0 Å². The number of nitrogens with one attached hydrogen (secondary N) is 1. The summed E-state index contributed by atoms with van der Waals surface area (Å²) in [6, 6.07) is 1.84. The highest BCUT2D eigenvalue weighted by Crippen LogP contribution is 1.89. The van der Waals surface area contributed by atoms with Crippen molar-refractivity contribution in [2.75, 3.05) is 19.6 Å². The monoisotopic (exact) mass is 150 g/mol. The number of nitrogens with zero attached hydrogens (tertiary/aromatic N) is 2. The summed E-state index contributed by atoms with van der Waals surface area (Å²) in [5.74, 6) is 0. The highest BCUT2D eigenvalue weighted by atomic mass is 15.0. The minimum absolute atomic E-state index is 0.215. The summed E-state index contributed by atoms with van der Waals surface area (Å²) >= 11 is 0. The molecule has 3 N–H and O–H groups in total. The fourth-order valence-electron chi connectivity index (χ4n) is 0.859. The number of aliphatic imine (C=N–C) groups is 1. The van der Waals surface area contributed by atoms with Crippen LogP contribution >= 0.6 is 0 Å². The van der Waals surface area contributed by atoms with E-state index in [0.717, 1.165) is 18.8 Å². The summed E-state index contributed by atoms with van der Waals surface area (Å²) in [5, 5.41) is 11.5. The van der Waals surface area contributed by atoms with E-state index >= 15 is 0 Å². The molecule has 0 aromatic carbocycles. The molecule has 1 aliphatic heterocycles. The van der Waals surface area contributed by atoms with E-state index in [1.54, 1.807) is 6.08 Å². The Kier molecular flexibility index (Phi) is 2.64. The van der Waals surface area contributed by atoms with Gasteiger partial charge in [-0.2, -0.15) is 5.26 Å². The van der Waals surface area contributed by atoms with E-state index in [2.05, 4.69) is 10.3 Å². The molecule has 1 rings (SSSR count). The molecule has 1 heterocycles. The number of hydrogen-bond acceptors (Lipinski definition) is 4. The van der Waals surface area contributed by atoms with Crippen molar-refractivity contribution >= 4 is 5.71 Å². The molecule has 0 bridgehead atoms. The van der Waals surface area contributed by atoms with E-state index in [0.29, 0.717) is 6.54 Å². The zero-order chi connectivity index (χ0) is 8.10. The van der Waals surface area contributed by atoms with Crippen LogP contribution in [0.4, 0.5) is 0 Å². The van der Waals surface area contributed by atoms with Crippen LogP contribution in [0, 0.1) is 11.3 Å². The average Bonchev–Trinajstić information content (AvgIpc) is 2.06. The van der Waals surface area contributed by atoms with Crippen LogP contribution in [0.1, 0.15) is 0 Å². The van der Waals surface area contributed by atoms with Crippen molar-refractivity contribution in [2.24, 2.45) is 10.7 Å². The van der Waals surface area contributed by atoms with E-state index in [9.17, 15) is 0 Å². The van der Waals surface area contributed by atoms with Crippen molar-refractivity contribution in [3.8, 4) is 6.07 Å². The highest BCUT2D eigenvalue weighted by molar-refractivity contribution is 5.97. The van der Waals surface area contributed by atoms with Gasteiger partial charge in [0.25, 0.3) is 0 Å². The lowest BCUT2D eigenvalue weighted by Crippen LogP contribution is -2.30. The smallest absolute Gasteiger partial charge is 0.117 e. The molecule has 0 aliphatic carbocycles. The summed E-state index contributed by atoms with van der Waals surface area (Å²) in [7, 11) is 0. The quantitative estimate of drug-likeness (QED) is 0.490. The van der Waals surface area contributed by atoms with Gasteiger partial charge in [-0.1, -0.05) is 0 Å². The molecule has 11 heavy (non-hydrogen) atoms. The average molecular weight is 150 g/mol. The number of allylic oxidation sites excluding steroid dienone is 1. The van der Waals surface area contributed by atoms with Gasteiger partial charge in [0.05, 0.1) is 12.3 Å². The van der Waals surface area contributed by atoms with Crippen LogP contribution in [0.15, 0.2) is 16.8 Å². The van der Waals surface area contributed by atoms with Crippen LogP contribution in [0.5, 0.6) is 0 Å². The summed E-state index contributed by atoms with van der Waals surface area (Å²) < 4.78 is 0. The number of hydrogen-bond donors (Lipinski definition) is 2. The molecular weight excluding hydrogens is 140 g/mol. The van der Waals surface area contributed by atoms with E-state index in [4.69, 9.17) is 11.0 Å². The molecule has 0 spiro atoms. The van der Waals surface area contributed by atoms with Crippen LogP contribution in [0.3, 0.4) is 0 Å². The number of nitriles is 1. The molecule has 0 saturated heterocycles. The Morgan fingerprint density at radius 2 is 2.64 bits per heavy atom. The van der Waals surface area contributed by atoms with E-state index in [1.165, 1.54) is 0 Å². The predicted octanol–water partition coefficient (Wildman–Crippen LogP) is -0.603. The molecule has 4 heteroatoms. The van der Waals surface area contributed by atoms with Gasteiger partial charge in [-0.05, 0) is 6.08 Å². The van der Waals surface area contributed by atoms with Crippen molar-refractivity contribution in [1.82, 2.24) is 5.32 Å². The normalized spacial score (nSPS) is 18.8. The van der Waals surface area contributed by atoms with Crippen LogP contribution in [-0.2, 0) is 0 Å². The molecule has 0 saturated carbocycles. The molecular formula is C7H10N4. The molecule has 4 nitrogen and oxygen atoms in total. The minimum atomic E-state index is 0.215.